The predicted octanol–water partition coefficient (Wildman–Crippen LogP) is 1.80. The Morgan fingerprint density at radius 2 is 1.69 bits per heavy atom. The van der Waals surface area contributed by atoms with Crippen LogP contribution in [0.3, 0.4) is 0 Å². The molecule has 76 valence electrons. The van der Waals surface area contributed by atoms with Crippen molar-refractivity contribution in [3.8, 4) is 0 Å². The van der Waals surface area contributed by atoms with E-state index in [9.17, 15) is 4.79 Å². The standard InChI is InChI=1S/C10H18O2.Al.3H/c1-2-3-4-5-6-7-8-9-10(11)12;;;;/h2H,1,3-9H2,(H,11,12);;;;. The number of rotatable bonds is 8. The number of carboxylic acids is 1. The summed E-state index contributed by atoms with van der Waals surface area (Å²) in [5, 5.41) is 8.34. The van der Waals surface area contributed by atoms with Crippen molar-refractivity contribution >= 4 is 23.3 Å². The van der Waals surface area contributed by atoms with Crippen LogP contribution in [0, 0.1) is 0 Å². The summed E-state index contributed by atoms with van der Waals surface area (Å²) in [5.74, 6) is -0.680. The molecule has 0 aromatic rings. The SMILES string of the molecule is C=CCCCCCCCC(=O)O.[AlH3]. The van der Waals surface area contributed by atoms with E-state index in [0.29, 0.717) is 6.42 Å². The van der Waals surface area contributed by atoms with Crippen LogP contribution in [0.1, 0.15) is 44.9 Å². The van der Waals surface area contributed by atoms with E-state index in [2.05, 4.69) is 6.58 Å². The number of unbranched alkanes of at least 4 members (excludes halogenated alkanes) is 5. The van der Waals surface area contributed by atoms with Gasteiger partial charge < -0.3 is 5.11 Å². The number of carboxylic acid groups (broad SMARTS) is 1. The number of hydrogen-bond donors (Lipinski definition) is 1. The molecule has 0 aliphatic carbocycles. The van der Waals surface area contributed by atoms with Crippen LogP contribution < -0.4 is 0 Å². The van der Waals surface area contributed by atoms with Gasteiger partial charge >= 0.3 is 5.97 Å². The van der Waals surface area contributed by atoms with Gasteiger partial charge in [0.2, 0.25) is 0 Å². The zero-order valence-electron chi connectivity index (χ0n) is 7.59. The Hall–Kier alpha value is -0.258. The van der Waals surface area contributed by atoms with E-state index in [-0.39, 0.29) is 17.4 Å². The molecular weight excluding hydrogens is 179 g/mol. The maximum Gasteiger partial charge on any atom is 0.303 e. The number of aliphatic carboxylic acids is 1. The van der Waals surface area contributed by atoms with E-state index in [1.807, 2.05) is 6.08 Å². The lowest BCUT2D eigenvalue weighted by Gasteiger charge is -1.97. The summed E-state index contributed by atoms with van der Waals surface area (Å²) < 4.78 is 0. The van der Waals surface area contributed by atoms with Crippen LogP contribution in [0.4, 0.5) is 0 Å². The molecule has 0 aliphatic rings. The Morgan fingerprint density at radius 1 is 1.15 bits per heavy atom. The third-order valence-corrected chi connectivity index (χ3v) is 1.80. The van der Waals surface area contributed by atoms with E-state index >= 15 is 0 Å². The van der Waals surface area contributed by atoms with Crippen LogP contribution >= 0.6 is 0 Å². The lowest BCUT2D eigenvalue weighted by Crippen LogP contribution is -1.93. The molecule has 0 spiro atoms. The van der Waals surface area contributed by atoms with Gasteiger partial charge in [0.1, 0.15) is 0 Å². The van der Waals surface area contributed by atoms with Crippen molar-refractivity contribution in [1.29, 1.82) is 0 Å². The molecule has 0 heterocycles. The smallest absolute Gasteiger partial charge is 0.303 e. The molecule has 0 amide bonds. The van der Waals surface area contributed by atoms with E-state index < -0.39 is 5.97 Å². The van der Waals surface area contributed by atoms with Crippen molar-refractivity contribution in [1.82, 2.24) is 0 Å². The van der Waals surface area contributed by atoms with E-state index in [4.69, 9.17) is 5.11 Å². The summed E-state index contributed by atoms with van der Waals surface area (Å²) in [5.41, 5.74) is 0. The van der Waals surface area contributed by atoms with Crippen molar-refractivity contribution in [3.63, 3.8) is 0 Å². The average Bonchev–Trinajstić information content (AvgIpc) is 2.02. The highest BCUT2D eigenvalue weighted by Gasteiger charge is 1.95. The van der Waals surface area contributed by atoms with Crippen LogP contribution in [-0.4, -0.2) is 28.4 Å². The van der Waals surface area contributed by atoms with Gasteiger partial charge in [-0.25, -0.2) is 0 Å². The molecule has 0 rings (SSSR count). The normalized spacial score (nSPS) is 8.92. The fraction of sp³-hybridized carbons (Fsp3) is 0.700. The van der Waals surface area contributed by atoms with Crippen LogP contribution in [0.15, 0.2) is 12.7 Å². The first-order chi connectivity index (χ1) is 5.77. The number of hydrogen-bond acceptors (Lipinski definition) is 1. The molecule has 13 heavy (non-hydrogen) atoms. The number of allylic oxidation sites excluding steroid dienone is 1. The topological polar surface area (TPSA) is 37.3 Å². The highest BCUT2D eigenvalue weighted by Crippen LogP contribution is 2.06. The first-order valence-electron chi connectivity index (χ1n) is 4.60. The molecule has 0 saturated carbocycles. The lowest BCUT2D eigenvalue weighted by molar-refractivity contribution is -0.137. The van der Waals surface area contributed by atoms with Crippen LogP contribution in [0.25, 0.3) is 0 Å². The Labute approximate surface area is 91.2 Å². The highest BCUT2D eigenvalue weighted by molar-refractivity contribution is 5.75. The Kier molecular flexibility index (Phi) is 13.8. The molecule has 0 bridgehead atoms. The second-order valence-corrected chi connectivity index (χ2v) is 2.99. The molecular formula is C10H21AlO2. The molecule has 0 fully saturated rings. The van der Waals surface area contributed by atoms with Gasteiger partial charge in [0, 0.05) is 6.42 Å². The van der Waals surface area contributed by atoms with Gasteiger partial charge in [-0.2, -0.15) is 0 Å². The van der Waals surface area contributed by atoms with E-state index in [1.165, 1.54) is 12.8 Å². The predicted molar refractivity (Wildman–Crippen MR) is 60.1 cm³/mol. The summed E-state index contributed by atoms with van der Waals surface area (Å²) in [6, 6.07) is 0. The summed E-state index contributed by atoms with van der Waals surface area (Å²) >= 11 is 0. The zero-order chi connectivity index (χ0) is 9.23. The van der Waals surface area contributed by atoms with Gasteiger partial charge in [0.15, 0.2) is 17.4 Å². The molecule has 0 saturated heterocycles. The lowest BCUT2D eigenvalue weighted by atomic mass is 10.1. The van der Waals surface area contributed by atoms with Gasteiger partial charge in [-0.15, -0.1) is 6.58 Å². The van der Waals surface area contributed by atoms with Gasteiger partial charge in [-0.3, -0.25) is 4.79 Å². The van der Waals surface area contributed by atoms with Crippen molar-refractivity contribution in [3.05, 3.63) is 12.7 Å². The fourth-order valence-corrected chi connectivity index (χ4v) is 1.10. The van der Waals surface area contributed by atoms with Crippen LogP contribution in [-0.2, 0) is 4.79 Å². The van der Waals surface area contributed by atoms with Gasteiger partial charge in [0.05, 0.1) is 0 Å². The van der Waals surface area contributed by atoms with Gasteiger partial charge in [-0.05, 0) is 19.3 Å². The molecule has 0 radical (unpaired) electrons. The first-order valence-corrected chi connectivity index (χ1v) is 4.60. The van der Waals surface area contributed by atoms with Crippen LogP contribution in [0.5, 0.6) is 0 Å². The molecule has 1 N–H and O–H groups in total. The van der Waals surface area contributed by atoms with Crippen LogP contribution in [0.2, 0.25) is 0 Å². The minimum atomic E-state index is -0.680. The second kappa shape index (κ2) is 11.7. The largest absolute Gasteiger partial charge is 0.481 e. The maximum absolute atomic E-state index is 10.1. The Balaban J connectivity index is 0. The maximum atomic E-state index is 10.1. The third kappa shape index (κ3) is 14.6. The van der Waals surface area contributed by atoms with E-state index in [1.54, 1.807) is 0 Å². The summed E-state index contributed by atoms with van der Waals surface area (Å²) in [7, 11) is 0. The molecule has 3 heteroatoms. The van der Waals surface area contributed by atoms with Crippen molar-refractivity contribution < 1.29 is 9.90 Å². The summed E-state index contributed by atoms with van der Waals surface area (Å²) in [4.78, 5) is 10.1. The highest BCUT2D eigenvalue weighted by atomic mass is 27.0. The molecule has 0 unspecified atom stereocenters. The minimum Gasteiger partial charge on any atom is -0.481 e. The van der Waals surface area contributed by atoms with Gasteiger partial charge in [-0.1, -0.05) is 25.3 Å². The zero-order valence-corrected chi connectivity index (χ0v) is 7.59. The third-order valence-electron chi connectivity index (χ3n) is 1.80. The monoisotopic (exact) mass is 200 g/mol. The fourth-order valence-electron chi connectivity index (χ4n) is 1.10. The van der Waals surface area contributed by atoms with E-state index in [0.717, 1.165) is 25.7 Å². The molecule has 0 aromatic carbocycles. The van der Waals surface area contributed by atoms with Crippen molar-refractivity contribution in [2.45, 2.75) is 44.9 Å². The Morgan fingerprint density at radius 3 is 2.23 bits per heavy atom. The summed E-state index contributed by atoms with van der Waals surface area (Å²) in [6.07, 6.45) is 8.74. The second-order valence-electron chi connectivity index (χ2n) is 2.99. The number of carbonyl (C=O) groups is 1. The van der Waals surface area contributed by atoms with Crippen molar-refractivity contribution in [2.24, 2.45) is 0 Å². The molecule has 0 aromatic heterocycles. The average molecular weight is 200 g/mol. The molecule has 2 nitrogen and oxygen atoms in total. The Bertz CT molecular complexity index is 135. The molecule has 0 atom stereocenters. The van der Waals surface area contributed by atoms with Crippen molar-refractivity contribution in [2.75, 3.05) is 0 Å². The quantitative estimate of drug-likeness (QED) is 0.368. The first kappa shape index (κ1) is 15.2. The minimum absolute atomic E-state index is 0. The summed E-state index contributed by atoms with van der Waals surface area (Å²) in [6.45, 7) is 3.64. The molecule has 0 aliphatic heterocycles. The van der Waals surface area contributed by atoms with Gasteiger partial charge in [0.25, 0.3) is 0 Å².